The van der Waals surface area contributed by atoms with Gasteiger partial charge in [-0.15, -0.1) is 0 Å². The van der Waals surface area contributed by atoms with Gasteiger partial charge >= 0.3 is 0 Å². The molecule has 8 heteroatoms. The number of hydrogen-bond acceptors (Lipinski definition) is 7. The average Bonchev–Trinajstić information content (AvgIpc) is 2.79. The molecule has 0 radical (unpaired) electrons. The molecular formula is C12H24N4O2S2. The predicted molar refractivity (Wildman–Crippen MR) is 85.1 cm³/mol. The second-order valence-corrected chi connectivity index (χ2v) is 7.48. The summed E-state index contributed by atoms with van der Waals surface area (Å²) in [5.74, 6) is 0.126. The molecule has 0 aliphatic heterocycles. The maximum atomic E-state index is 12.0. The molecule has 1 aromatic rings. The lowest BCUT2D eigenvalue weighted by atomic mass is 10.4. The van der Waals surface area contributed by atoms with Crippen molar-refractivity contribution in [3.8, 4) is 0 Å². The molecule has 1 heterocycles. The van der Waals surface area contributed by atoms with Crippen molar-refractivity contribution in [2.45, 2.75) is 32.1 Å². The van der Waals surface area contributed by atoms with E-state index in [1.807, 2.05) is 0 Å². The molecule has 0 aliphatic rings. The highest BCUT2D eigenvalue weighted by atomic mass is 32.2. The number of sulfone groups is 1. The molecule has 20 heavy (non-hydrogen) atoms. The SMILES string of the molecule is CCCN(CC)CCNc1snc(N)c1S(=O)(=O)CC. The number of anilines is 2. The molecule has 0 fully saturated rings. The van der Waals surface area contributed by atoms with Gasteiger partial charge in [0.2, 0.25) is 0 Å². The molecule has 0 saturated carbocycles. The van der Waals surface area contributed by atoms with Crippen molar-refractivity contribution in [1.29, 1.82) is 0 Å². The number of nitrogens with one attached hydrogen (secondary N) is 1. The van der Waals surface area contributed by atoms with Crippen LogP contribution in [0.1, 0.15) is 27.2 Å². The van der Waals surface area contributed by atoms with Crippen LogP contribution in [0.3, 0.4) is 0 Å². The van der Waals surface area contributed by atoms with Gasteiger partial charge in [-0.2, -0.15) is 4.37 Å². The maximum Gasteiger partial charge on any atom is 0.184 e. The second kappa shape index (κ2) is 7.80. The van der Waals surface area contributed by atoms with E-state index in [2.05, 4.69) is 28.4 Å². The summed E-state index contributed by atoms with van der Waals surface area (Å²) in [5.41, 5.74) is 5.68. The normalized spacial score (nSPS) is 12.0. The molecule has 0 bridgehead atoms. The molecule has 6 nitrogen and oxygen atoms in total. The van der Waals surface area contributed by atoms with Crippen LogP contribution in [-0.2, 0) is 9.84 Å². The largest absolute Gasteiger partial charge is 0.382 e. The molecule has 1 aromatic heterocycles. The third kappa shape index (κ3) is 4.32. The van der Waals surface area contributed by atoms with E-state index in [1.54, 1.807) is 6.92 Å². The summed E-state index contributed by atoms with van der Waals surface area (Å²) in [6, 6.07) is 0. The Morgan fingerprint density at radius 2 is 2.00 bits per heavy atom. The van der Waals surface area contributed by atoms with Crippen molar-refractivity contribution in [3.63, 3.8) is 0 Å². The Balaban J connectivity index is 2.70. The lowest BCUT2D eigenvalue weighted by Gasteiger charge is -2.19. The van der Waals surface area contributed by atoms with Gasteiger partial charge in [-0.25, -0.2) is 8.42 Å². The third-order valence-corrected chi connectivity index (χ3v) is 5.81. The van der Waals surface area contributed by atoms with Gasteiger partial charge in [0, 0.05) is 13.1 Å². The van der Waals surface area contributed by atoms with Crippen LogP contribution < -0.4 is 11.1 Å². The Bertz CT molecular complexity index is 514. The molecule has 3 N–H and O–H groups in total. The third-order valence-electron chi connectivity index (χ3n) is 3.07. The summed E-state index contributed by atoms with van der Waals surface area (Å²) in [4.78, 5) is 2.47. The number of hydrogen-bond donors (Lipinski definition) is 2. The first-order chi connectivity index (χ1) is 9.46. The van der Waals surface area contributed by atoms with E-state index in [4.69, 9.17) is 5.73 Å². The summed E-state index contributed by atoms with van der Waals surface area (Å²) in [7, 11) is -3.34. The quantitative estimate of drug-likeness (QED) is 0.719. The molecule has 0 unspecified atom stereocenters. The van der Waals surface area contributed by atoms with Crippen LogP contribution in [0, 0.1) is 0 Å². The molecular weight excluding hydrogens is 296 g/mol. The van der Waals surface area contributed by atoms with Gasteiger partial charge in [0.05, 0.1) is 5.75 Å². The molecule has 0 atom stereocenters. The Labute approximate surface area is 125 Å². The Kier molecular flexibility index (Phi) is 6.70. The Morgan fingerprint density at radius 3 is 2.55 bits per heavy atom. The number of aromatic nitrogens is 1. The summed E-state index contributed by atoms with van der Waals surface area (Å²) < 4.78 is 27.9. The van der Waals surface area contributed by atoms with E-state index in [9.17, 15) is 8.42 Å². The van der Waals surface area contributed by atoms with Crippen LogP contribution in [0.5, 0.6) is 0 Å². The lowest BCUT2D eigenvalue weighted by Crippen LogP contribution is -2.29. The van der Waals surface area contributed by atoms with Crippen LogP contribution in [-0.4, -0.2) is 49.6 Å². The zero-order valence-corrected chi connectivity index (χ0v) is 14.0. The van der Waals surface area contributed by atoms with Crippen molar-refractivity contribution in [3.05, 3.63) is 0 Å². The monoisotopic (exact) mass is 320 g/mol. The number of rotatable bonds is 9. The fraction of sp³-hybridized carbons (Fsp3) is 0.750. The average molecular weight is 320 g/mol. The molecule has 116 valence electrons. The highest BCUT2D eigenvalue weighted by Crippen LogP contribution is 2.31. The van der Waals surface area contributed by atoms with Gasteiger partial charge in [-0.3, -0.25) is 0 Å². The van der Waals surface area contributed by atoms with Crippen molar-refractivity contribution in [1.82, 2.24) is 9.27 Å². The summed E-state index contributed by atoms with van der Waals surface area (Å²) in [5, 5.41) is 3.71. The Morgan fingerprint density at radius 1 is 1.30 bits per heavy atom. The highest BCUT2D eigenvalue weighted by molar-refractivity contribution is 7.91. The van der Waals surface area contributed by atoms with E-state index < -0.39 is 9.84 Å². The van der Waals surface area contributed by atoms with Crippen molar-refractivity contribution in [2.75, 3.05) is 43.0 Å². The minimum Gasteiger partial charge on any atom is -0.382 e. The smallest absolute Gasteiger partial charge is 0.184 e. The van der Waals surface area contributed by atoms with Crippen LogP contribution >= 0.6 is 11.5 Å². The first-order valence-corrected chi connectivity index (χ1v) is 9.32. The van der Waals surface area contributed by atoms with Gasteiger partial charge in [0.25, 0.3) is 0 Å². The second-order valence-electron chi connectivity index (χ2n) is 4.49. The van der Waals surface area contributed by atoms with Gasteiger partial charge in [0.15, 0.2) is 15.7 Å². The maximum absolute atomic E-state index is 12.0. The molecule has 0 aliphatic carbocycles. The highest BCUT2D eigenvalue weighted by Gasteiger charge is 2.23. The topological polar surface area (TPSA) is 88.3 Å². The van der Waals surface area contributed by atoms with E-state index in [-0.39, 0.29) is 16.5 Å². The molecule has 0 aromatic carbocycles. The number of nitrogens with two attached hydrogens (primary N) is 1. The Hall–Kier alpha value is -0.860. The van der Waals surface area contributed by atoms with E-state index in [1.165, 1.54) is 0 Å². The van der Waals surface area contributed by atoms with Crippen LogP contribution in [0.2, 0.25) is 0 Å². The van der Waals surface area contributed by atoms with Crippen LogP contribution in [0.4, 0.5) is 10.8 Å². The van der Waals surface area contributed by atoms with Gasteiger partial charge in [0.1, 0.15) is 9.90 Å². The molecule has 0 amide bonds. The number of nitrogen functional groups attached to an aromatic ring is 1. The number of nitrogens with zero attached hydrogens (tertiary/aromatic N) is 2. The molecule has 0 saturated heterocycles. The fourth-order valence-corrected chi connectivity index (χ4v) is 4.12. The van der Waals surface area contributed by atoms with Crippen molar-refractivity contribution >= 4 is 32.2 Å². The summed E-state index contributed by atoms with van der Waals surface area (Å²) >= 11 is 1.11. The fourth-order valence-electron chi connectivity index (χ4n) is 1.92. The summed E-state index contributed by atoms with van der Waals surface area (Å²) in [6.07, 6.45) is 1.11. The lowest BCUT2D eigenvalue weighted by molar-refractivity contribution is 0.300. The first-order valence-electron chi connectivity index (χ1n) is 6.90. The van der Waals surface area contributed by atoms with E-state index in [0.717, 1.165) is 37.6 Å². The minimum atomic E-state index is -3.34. The van der Waals surface area contributed by atoms with Crippen LogP contribution in [0.25, 0.3) is 0 Å². The first kappa shape index (κ1) is 17.2. The zero-order valence-electron chi connectivity index (χ0n) is 12.3. The predicted octanol–water partition coefficient (Wildman–Crippen LogP) is 1.66. The molecule has 1 rings (SSSR count). The van der Waals surface area contributed by atoms with E-state index in [0.29, 0.717) is 11.5 Å². The molecule has 0 spiro atoms. The standard InChI is InChI=1S/C12H24N4O2S2/c1-4-8-16(5-2)9-7-14-12-10(11(13)15-19-12)20(17,18)6-3/h14H,4-9H2,1-3H3,(H2,13,15). The summed E-state index contributed by atoms with van der Waals surface area (Å²) in [6.45, 7) is 9.45. The van der Waals surface area contributed by atoms with Crippen molar-refractivity contribution < 1.29 is 8.42 Å². The zero-order chi connectivity index (χ0) is 15.2. The van der Waals surface area contributed by atoms with E-state index >= 15 is 0 Å². The number of likely N-dealkylation sites (N-methyl/N-ethyl adjacent to an activating group) is 1. The minimum absolute atomic E-state index is 0.0290. The van der Waals surface area contributed by atoms with Crippen LogP contribution in [0.15, 0.2) is 4.90 Å². The van der Waals surface area contributed by atoms with Crippen molar-refractivity contribution in [2.24, 2.45) is 0 Å². The van der Waals surface area contributed by atoms with Gasteiger partial charge in [-0.05, 0) is 31.0 Å². The van der Waals surface area contributed by atoms with Gasteiger partial charge in [-0.1, -0.05) is 20.8 Å². The van der Waals surface area contributed by atoms with Gasteiger partial charge < -0.3 is 16.0 Å².